The summed E-state index contributed by atoms with van der Waals surface area (Å²) in [6.07, 6.45) is 1.94. The summed E-state index contributed by atoms with van der Waals surface area (Å²) in [7, 11) is 0. The Kier molecular flexibility index (Phi) is 3.47. The van der Waals surface area contributed by atoms with Gasteiger partial charge in [0.05, 0.1) is 34.3 Å². The van der Waals surface area contributed by atoms with Crippen molar-refractivity contribution in [3.05, 3.63) is 78.0 Å². The van der Waals surface area contributed by atoms with Crippen molar-refractivity contribution < 1.29 is 0 Å². The summed E-state index contributed by atoms with van der Waals surface area (Å²) in [5.74, 6) is 0.758. The van der Waals surface area contributed by atoms with Crippen molar-refractivity contribution in [3.63, 3.8) is 0 Å². The highest BCUT2D eigenvalue weighted by molar-refractivity contribution is 5.98. The van der Waals surface area contributed by atoms with Crippen molar-refractivity contribution in [2.75, 3.05) is 0 Å². The van der Waals surface area contributed by atoms with Crippen molar-refractivity contribution in [3.8, 4) is 34.7 Å². The molecule has 2 heterocycles. The molecule has 0 atom stereocenters. The summed E-state index contributed by atoms with van der Waals surface area (Å²) < 4.78 is 0. The molecular weight excluding hydrogens is 346 g/mol. The number of nitrogens with one attached hydrogen (secondary N) is 2. The predicted octanol–water partition coefficient (Wildman–Crippen LogP) is 5.12. The van der Waals surface area contributed by atoms with E-state index in [-0.39, 0.29) is 0 Å². The molecule has 2 aromatic heterocycles. The van der Waals surface area contributed by atoms with Crippen LogP contribution in [0.25, 0.3) is 44.5 Å². The van der Waals surface area contributed by atoms with Crippen LogP contribution in [-0.4, -0.2) is 15.0 Å². The maximum atomic E-state index is 9.09. The fourth-order valence-corrected chi connectivity index (χ4v) is 3.44. The van der Waals surface area contributed by atoms with E-state index in [0.717, 1.165) is 44.5 Å². The summed E-state index contributed by atoms with van der Waals surface area (Å²) >= 11 is 0. The van der Waals surface area contributed by atoms with Gasteiger partial charge < -0.3 is 9.97 Å². The molecule has 5 nitrogen and oxygen atoms in total. The van der Waals surface area contributed by atoms with Crippen molar-refractivity contribution >= 4 is 21.9 Å². The average Bonchev–Trinajstić information content (AvgIpc) is 3.36. The lowest BCUT2D eigenvalue weighted by atomic mass is 10.0. The lowest BCUT2D eigenvalue weighted by Gasteiger charge is -2.03. The van der Waals surface area contributed by atoms with Crippen molar-refractivity contribution in [1.82, 2.24) is 15.0 Å². The second kappa shape index (κ2) is 6.12. The van der Waals surface area contributed by atoms with Gasteiger partial charge in [0.2, 0.25) is 0 Å². The monoisotopic (exact) mass is 359 g/mol. The van der Waals surface area contributed by atoms with E-state index < -0.39 is 0 Å². The summed E-state index contributed by atoms with van der Waals surface area (Å²) in [6, 6.07) is 23.5. The topological polar surface area (TPSA) is 92.0 Å². The zero-order valence-electron chi connectivity index (χ0n) is 14.7. The molecule has 0 saturated heterocycles. The number of nitrogens with zero attached hydrogens (tertiary/aromatic N) is 3. The second-order valence-electron chi connectivity index (χ2n) is 6.58. The first kappa shape index (κ1) is 15.9. The lowest BCUT2D eigenvalue weighted by Crippen LogP contribution is -1.81. The van der Waals surface area contributed by atoms with E-state index in [0.29, 0.717) is 11.1 Å². The molecule has 0 aliphatic carbocycles. The summed E-state index contributed by atoms with van der Waals surface area (Å²) in [5.41, 5.74) is 7.01. The number of rotatable bonds is 2. The molecule has 5 aromatic rings. The van der Waals surface area contributed by atoms with E-state index in [1.165, 1.54) is 0 Å². The van der Waals surface area contributed by atoms with Crippen LogP contribution in [0.4, 0.5) is 0 Å². The highest BCUT2D eigenvalue weighted by atomic mass is 14.9. The van der Waals surface area contributed by atoms with E-state index in [9.17, 15) is 0 Å². The number of aromatic nitrogens is 3. The molecular formula is C23H13N5. The van der Waals surface area contributed by atoms with Gasteiger partial charge in [0.15, 0.2) is 0 Å². The van der Waals surface area contributed by atoms with Gasteiger partial charge in [-0.3, -0.25) is 0 Å². The first-order valence-electron chi connectivity index (χ1n) is 8.77. The van der Waals surface area contributed by atoms with Crippen LogP contribution in [0.3, 0.4) is 0 Å². The molecule has 0 amide bonds. The highest BCUT2D eigenvalue weighted by Crippen LogP contribution is 2.32. The predicted molar refractivity (Wildman–Crippen MR) is 108 cm³/mol. The fourth-order valence-electron chi connectivity index (χ4n) is 3.44. The molecule has 0 bridgehead atoms. The summed E-state index contributed by atoms with van der Waals surface area (Å²) in [5, 5.41) is 19.1. The van der Waals surface area contributed by atoms with Crippen molar-refractivity contribution in [2.24, 2.45) is 0 Å². The van der Waals surface area contributed by atoms with E-state index in [1.54, 1.807) is 12.1 Å². The van der Waals surface area contributed by atoms with Gasteiger partial charge in [-0.25, -0.2) is 4.98 Å². The molecule has 2 N–H and O–H groups in total. The zero-order valence-corrected chi connectivity index (χ0v) is 14.7. The largest absolute Gasteiger partial charge is 0.360 e. The minimum absolute atomic E-state index is 0.590. The molecule has 0 fully saturated rings. The molecule has 3 aromatic carbocycles. The van der Waals surface area contributed by atoms with Gasteiger partial charge in [0, 0.05) is 22.7 Å². The van der Waals surface area contributed by atoms with Crippen molar-refractivity contribution in [2.45, 2.75) is 0 Å². The molecule has 5 rings (SSSR count). The van der Waals surface area contributed by atoms with Crippen LogP contribution in [0, 0.1) is 22.7 Å². The highest BCUT2D eigenvalue weighted by Gasteiger charge is 2.12. The van der Waals surface area contributed by atoms with Gasteiger partial charge in [0.1, 0.15) is 5.82 Å². The minimum Gasteiger partial charge on any atom is -0.360 e. The summed E-state index contributed by atoms with van der Waals surface area (Å²) in [6.45, 7) is 0. The molecule has 28 heavy (non-hydrogen) atoms. The molecule has 0 radical (unpaired) electrons. The number of nitriles is 2. The van der Waals surface area contributed by atoms with E-state index in [1.807, 2.05) is 42.6 Å². The first-order valence-corrected chi connectivity index (χ1v) is 8.77. The third kappa shape index (κ3) is 2.51. The second-order valence-corrected chi connectivity index (χ2v) is 6.58. The minimum atomic E-state index is 0.590. The SMILES string of the molecule is N#Cc1ccc(-c2ccc3[nH]cc(-c4nc5cc(C#N)ccc5[nH]4)c3c2)cc1. The van der Waals surface area contributed by atoms with Crippen LogP contribution in [0.1, 0.15) is 11.1 Å². The first-order chi connectivity index (χ1) is 13.7. The number of hydrogen-bond acceptors (Lipinski definition) is 3. The van der Waals surface area contributed by atoms with Crippen LogP contribution in [0.2, 0.25) is 0 Å². The molecule has 0 aliphatic heterocycles. The van der Waals surface area contributed by atoms with Crippen LogP contribution in [-0.2, 0) is 0 Å². The Morgan fingerprint density at radius 2 is 1.46 bits per heavy atom. The van der Waals surface area contributed by atoms with E-state index >= 15 is 0 Å². The Labute approximate surface area is 160 Å². The molecule has 5 heteroatoms. The Morgan fingerprint density at radius 3 is 2.25 bits per heavy atom. The number of imidazole rings is 1. The van der Waals surface area contributed by atoms with E-state index in [2.05, 4.69) is 39.2 Å². The maximum Gasteiger partial charge on any atom is 0.140 e. The van der Waals surface area contributed by atoms with Gasteiger partial charge >= 0.3 is 0 Å². The van der Waals surface area contributed by atoms with Crippen LogP contribution >= 0.6 is 0 Å². The van der Waals surface area contributed by atoms with Gasteiger partial charge in [-0.05, 0) is 53.6 Å². The number of H-pyrrole nitrogens is 2. The smallest absolute Gasteiger partial charge is 0.140 e. The van der Waals surface area contributed by atoms with Crippen LogP contribution in [0.15, 0.2) is 66.9 Å². The Balaban J connectivity index is 1.64. The summed E-state index contributed by atoms with van der Waals surface area (Å²) in [4.78, 5) is 11.3. The molecule has 0 spiro atoms. The van der Waals surface area contributed by atoms with Crippen molar-refractivity contribution in [1.29, 1.82) is 10.5 Å². The van der Waals surface area contributed by atoms with Crippen LogP contribution < -0.4 is 0 Å². The standard InChI is InChI=1S/C23H13N5/c24-11-14-1-4-16(5-2-14)17-6-8-20-18(10-17)19(13-26-20)23-27-21-7-3-15(12-25)9-22(21)28-23/h1-10,13,26H,(H,27,28). The number of fused-ring (bicyclic) bond motifs is 2. The third-order valence-corrected chi connectivity index (χ3v) is 4.90. The Morgan fingerprint density at radius 1 is 0.750 bits per heavy atom. The van der Waals surface area contributed by atoms with Crippen LogP contribution in [0.5, 0.6) is 0 Å². The number of aromatic amines is 2. The van der Waals surface area contributed by atoms with Gasteiger partial charge in [0.25, 0.3) is 0 Å². The average molecular weight is 359 g/mol. The normalized spacial score (nSPS) is 10.8. The quantitative estimate of drug-likeness (QED) is 0.458. The Bertz CT molecular complexity index is 1420. The fraction of sp³-hybridized carbons (Fsp3) is 0. The number of benzene rings is 3. The molecule has 130 valence electrons. The molecule has 0 unspecified atom stereocenters. The third-order valence-electron chi connectivity index (χ3n) is 4.90. The Hall–Kier alpha value is -4.35. The maximum absolute atomic E-state index is 9.09. The number of hydrogen-bond donors (Lipinski definition) is 2. The molecule has 0 aliphatic rings. The lowest BCUT2D eigenvalue weighted by molar-refractivity contribution is 1.34. The zero-order chi connectivity index (χ0) is 19.1. The van der Waals surface area contributed by atoms with Gasteiger partial charge in [-0.2, -0.15) is 10.5 Å². The van der Waals surface area contributed by atoms with Gasteiger partial charge in [-0.1, -0.05) is 18.2 Å². The molecule has 0 saturated carbocycles. The van der Waals surface area contributed by atoms with Gasteiger partial charge in [-0.15, -0.1) is 0 Å². The van der Waals surface area contributed by atoms with E-state index in [4.69, 9.17) is 10.5 Å².